The third-order valence-electron chi connectivity index (χ3n) is 4.86. The van der Waals surface area contributed by atoms with Gasteiger partial charge in [0.05, 0.1) is 10.5 Å². The van der Waals surface area contributed by atoms with Gasteiger partial charge in [0.2, 0.25) is 15.9 Å². The Hall–Kier alpha value is -3.25. The highest BCUT2D eigenvalue weighted by atomic mass is 32.2. The first-order valence-corrected chi connectivity index (χ1v) is 10.8. The molecule has 1 saturated heterocycles. The van der Waals surface area contributed by atoms with Gasteiger partial charge in [-0.2, -0.15) is 17.5 Å². The molecule has 1 fully saturated rings. The number of nitro benzene ring substituents is 1. The molecule has 0 bridgehead atoms. The number of benzene rings is 2. The van der Waals surface area contributed by atoms with Crippen molar-refractivity contribution in [2.24, 2.45) is 0 Å². The molecule has 0 saturated carbocycles. The summed E-state index contributed by atoms with van der Waals surface area (Å²) in [6.07, 6.45) is -2.11. The molecule has 3 rings (SSSR count). The van der Waals surface area contributed by atoms with Crippen LogP contribution in [0.1, 0.15) is 11.1 Å². The normalized spacial score (nSPS) is 15.8. The Morgan fingerprint density at radius 2 is 1.69 bits per heavy atom. The lowest BCUT2D eigenvalue weighted by Crippen LogP contribution is -2.50. The smallest absolute Gasteiger partial charge is 0.337 e. The maximum atomic E-state index is 12.8. The summed E-state index contributed by atoms with van der Waals surface area (Å²) in [5.41, 5.74) is -1.17. The molecule has 2 aromatic carbocycles. The van der Waals surface area contributed by atoms with Gasteiger partial charge in [-0.15, -0.1) is 0 Å². The fraction of sp³-hybridized carbons (Fsp3) is 0.250. The van der Waals surface area contributed by atoms with Crippen LogP contribution >= 0.6 is 0 Å². The largest absolute Gasteiger partial charge is 0.416 e. The molecule has 0 atom stereocenters. The zero-order valence-electron chi connectivity index (χ0n) is 16.5. The van der Waals surface area contributed by atoms with E-state index in [4.69, 9.17) is 0 Å². The summed E-state index contributed by atoms with van der Waals surface area (Å²) in [4.78, 5) is 23.7. The van der Waals surface area contributed by atoms with Crippen LogP contribution in [-0.4, -0.2) is 54.6 Å². The molecule has 32 heavy (non-hydrogen) atoms. The number of piperazine rings is 1. The van der Waals surface area contributed by atoms with E-state index in [0.29, 0.717) is 0 Å². The van der Waals surface area contributed by atoms with Gasteiger partial charge < -0.3 is 4.90 Å². The monoisotopic (exact) mass is 469 g/mol. The number of rotatable bonds is 5. The Balaban J connectivity index is 1.66. The molecule has 8 nitrogen and oxygen atoms in total. The number of amides is 1. The van der Waals surface area contributed by atoms with Crippen molar-refractivity contribution in [3.05, 3.63) is 75.8 Å². The van der Waals surface area contributed by atoms with Crippen LogP contribution < -0.4 is 0 Å². The molecule has 12 heteroatoms. The van der Waals surface area contributed by atoms with E-state index in [9.17, 15) is 36.5 Å². The van der Waals surface area contributed by atoms with Gasteiger partial charge >= 0.3 is 6.18 Å². The van der Waals surface area contributed by atoms with Crippen LogP contribution in [0.4, 0.5) is 18.9 Å². The van der Waals surface area contributed by atoms with Crippen molar-refractivity contribution < 1.29 is 31.3 Å². The zero-order chi connectivity index (χ0) is 23.5. The van der Waals surface area contributed by atoms with E-state index in [1.54, 1.807) is 0 Å². The van der Waals surface area contributed by atoms with Gasteiger partial charge in [-0.25, -0.2) is 8.42 Å². The fourth-order valence-electron chi connectivity index (χ4n) is 3.21. The second-order valence-corrected chi connectivity index (χ2v) is 8.82. The average Bonchev–Trinajstić information content (AvgIpc) is 2.77. The Morgan fingerprint density at radius 1 is 1.03 bits per heavy atom. The van der Waals surface area contributed by atoms with Crippen LogP contribution in [0.3, 0.4) is 0 Å². The third-order valence-corrected chi connectivity index (χ3v) is 6.81. The lowest BCUT2D eigenvalue weighted by Gasteiger charge is -2.33. The lowest BCUT2D eigenvalue weighted by molar-refractivity contribution is -0.387. The molecule has 0 aromatic heterocycles. The van der Waals surface area contributed by atoms with Crippen molar-refractivity contribution in [2.75, 3.05) is 26.2 Å². The molecule has 170 valence electrons. The molecule has 0 unspecified atom stereocenters. The van der Waals surface area contributed by atoms with Gasteiger partial charge in [0.15, 0.2) is 4.90 Å². The van der Waals surface area contributed by atoms with Crippen molar-refractivity contribution in [1.29, 1.82) is 0 Å². The molecule has 1 aliphatic rings. The van der Waals surface area contributed by atoms with Gasteiger partial charge in [0, 0.05) is 38.3 Å². The molecule has 2 aromatic rings. The van der Waals surface area contributed by atoms with E-state index in [-0.39, 0.29) is 31.7 Å². The van der Waals surface area contributed by atoms with Gasteiger partial charge in [0.1, 0.15) is 0 Å². The van der Waals surface area contributed by atoms with E-state index in [0.717, 1.165) is 34.6 Å². The number of nitrogens with zero attached hydrogens (tertiary/aromatic N) is 3. The fourth-order valence-corrected chi connectivity index (χ4v) is 4.79. The van der Waals surface area contributed by atoms with Crippen LogP contribution in [0, 0.1) is 10.1 Å². The molecule has 1 aliphatic heterocycles. The number of nitro groups is 1. The number of para-hydroxylation sites is 1. The number of hydrogen-bond donors (Lipinski definition) is 0. The predicted octanol–water partition coefficient (Wildman–Crippen LogP) is 3.16. The SMILES string of the molecule is O=C(/C=C/c1cccc(C(F)(F)F)c1)N1CCN(S(=O)(=O)c2ccccc2[N+](=O)[O-])CC1. The summed E-state index contributed by atoms with van der Waals surface area (Å²) in [5.74, 6) is -0.481. The van der Waals surface area contributed by atoms with Gasteiger partial charge in [0.25, 0.3) is 5.69 Å². The van der Waals surface area contributed by atoms with Crippen molar-refractivity contribution in [1.82, 2.24) is 9.21 Å². The number of carbonyl (C=O) groups excluding carboxylic acids is 1. The molecular formula is C20H18F3N3O5S. The first-order valence-electron chi connectivity index (χ1n) is 9.38. The van der Waals surface area contributed by atoms with Crippen molar-refractivity contribution in [3.63, 3.8) is 0 Å². The number of hydrogen-bond acceptors (Lipinski definition) is 5. The minimum atomic E-state index is -4.50. The van der Waals surface area contributed by atoms with Crippen molar-refractivity contribution in [3.8, 4) is 0 Å². The Kier molecular flexibility index (Phi) is 6.65. The first kappa shape index (κ1) is 23.4. The molecule has 1 heterocycles. The molecule has 0 spiro atoms. The minimum absolute atomic E-state index is 0.0334. The number of alkyl halides is 3. The zero-order valence-corrected chi connectivity index (χ0v) is 17.3. The second-order valence-electron chi connectivity index (χ2n) is 6.91. The quantitative estimate of drug-likeness (QED) is 0.380. The summed E-state index contributed by atoms with van der Waals surface area (Å²) in [5, 5.41) is 11.2. The highest BCUT2D eigenvalue weighted by Crippen LogP contribution is 2.30. The number of sulfonamides is 1. The Labute approximate surface area is 181 Å². The number of halogens is 3. The lowest BCUT2D eigenvalue weighted by atomic mass is 10.1. The average molecular weight is 469 g/mol. The first-order chi connectivity index (χ1) is 15.0. The van der Waals surface area contributed by atoms with E-state index >= 15 is 0 Å². The van der Waals surface area contributed by atoms with E-state index in [1.165, 1.54) is 35.2 Å². The summed E-state index contributed by atoms with van der Waals surface area (Å²) >= 11 is 0. The highest BCUT2D eigenvalue weighted by Gasteiger charge is 2.34. The predicted molar refractivity (Wildman–Crippen MR) is 109 cm³/mol. The number of carbonyl (C=O) groups is 1. The van der Waals surface area contributed by atoms with Crippen LogP contribution in [0.15, 0.2) is 59.5 Å². The molecule has 0 radical (unpaired) electrons. The summed E-state index contributed by atoms with van der Waals surface area (Å²) < 4.78 is 65.1. The Bertz CT molecular complexity index is 1160. The Morgan fingerprint density at radius 3 is 2.31 bits per heavy atom. The van der Waals surface area contributed by atoms with Gasteiger partial charge in [-0.3, -0.25) is 14.9 Å². The maximum absolute atomic E-state index is 12.8. The van der Waals surface area contributed by atoms with Gasteiger partial charge in [-0.1, -0.05) is 24.3 Å². The standard InChI is InChI=1S/C20H18F3N3O5S/c21-20(22,23)16-5-3-4-15(14-16)8-9-19(27)24-10-12-25(13-11-24)32(30,31)18-7-2-1-6-17(18)26(28)29/h1-9,14H,10-13H2/b9-8+. The van der Waals surface area contributed by atoms with Crippen LogP contribution in [0.5, 0.6) is 0 Å². The molecule has 1 amide bonds. The van der Waals surface area contributed by atoms with Crippen molar-refractivity contribution >= 4 is 27.7 Å². The second kappa shape index (κ2) is 9.09. The summed E-state index contributed by atoms with van der Waals surface area (Å²) in [7, 11) is -4.13. The van der Waals surface area contributed by atoms with Crippen LogP contribution in [0.2, 0.25) is 0 Å². The van der Waals surface area contributed by atoms with E-state index in [1.807, 2.05) is 0 Å². The minimum Gasteiger partial charge on any atom is -0.337 e. The topological polar surface area (TPSA) is 101 Å². The maximum Gasteiger partial charge on any atom is 0.416 e. The summed E-state index contributed by atoms with van der Waals surface area (Å²) in [6.45, 7) is -0.0771. The highest BCUT2D eigenvalue weighted by molar-refractivity contribution is 7.89. The van der Waals surface area contributed by atoms with Gasteiger partial charge in [-0.05, 0) is 29.8 Å². The molecule has 0 aliphatic carbocycles. The summed E-state index contributed by atoms with van der Waals surface area (Å²) in [6, 6.07) is 9.52. The van der Waals surface area contributed by atoms with E-state index < -0.39 is 43.2 Å². The third kappa shape index (κ3) is 5.14. The van der Waals surface area contributed by atoms with Crippen LogP contribution in [-0.2, 0) is 21.0 Å². The van der Waals surface area contributed by atoms with Crippen LogP contribution in [0.25, 0.3) is 6.08 Å². The molecule has 0 N–H and O–H groups in total. The van der Waals surface area contributed by atoms with E-state index in [2.05, 4.69) is 0 Å². The van der Waals surface area contributed by atoms with Crippen molar-refractivity contribution in [2.45, 2.75) is 11.1 Å². The molecular weight excluding hydrogens is 451 g/mol.